The Hall–Kier alpha value is -1.76. The molecule has 0 aromatic carbocycles. The van der Waals surface area contributed by atoms with E-state index in [1.165, 1.54) is 0 Å². The zero-order valence-corrected chi connectivity index (χ0v) is 14.6. The summed E-state index contributed by atoms with van der Waals surface area (Å²) in [6, 6.07) is 0. The molecule has 0 bridgehead atoms. The van der Waals surface area contributed by atoms with Gasteiger partial charge in [0.1, 0.15) is 18.1 Å². The van der Waals surface area contributed by atoms with Gasteiger partial charge in [0.2, 0.25) is 0 Å². The lowest BCUT2D eigenvalue weighted by molar-refractivity contribution is -0.873. The van der Waals surface area contributed by atoms with Crippen molar-refractivity contribution in [2.75, 3.05) is 27.7 Å². The highest BCUT2D eigenvalue weighted by Crippen LogP contribution is 2.09. The minimum atomic E-state index is -1.05. The number of esters is 1. The number of carbonyl (C=O) groups excluding carboxylic acids is 3. The average molecular weight is 330 g/mol. The first-order valence-electron chi connectivity index (χ1n) is 7.67. The van der Waals surface area contributed by atoms with Gasteiger partial charge in [-0.3, -0.25) is 19.2 Å². The van der Waals surface area contributed by atoms with Crippen molar-refractivity contribution >= 4 is 23.5 Å². The van der Waals surface area contributed by atoms with Gasteiger partial charge in [-0.1, -0.05) is 13.8 Å². The molecule has 1 unspecified atom stereocenters. The van der Waals surface area contributed by atoms with Crippen molar-refractivity contribution in [3.05, 3.63) is 0 Å². The Morgan fingerprint density at radius 3 is 2.04 bits per heavy atom. The number of ether oxygens (including phenoxy) is 1. The first-order chi connectivity index (χ1) is 10.4. The molecule has 0 aliphatic rings. The number of carboxylic acid groups (broad SMARTS) is 1. The summed E-state index contributed by atoms with van der Waals surface area (Å²) in [6.07, 6.45) is -1.41. The van der Waals surface area contributed by atoms with Gasteiger partial charge in [0, 0.05) is 12.3 Å². The van der Waals surface area contributed by atoms with Crippen LogP contribution in [0.15, 0.2) is 0 Å². The number of Topliss-reactive ketones (excluding diaryl/α,β-unsaturated/α-hetero) is 2. The van der Waals surface area contributed by atoms with E-state index < -0.39 is 18.0 Å². The minimum Gasteiger partial charge on any atom is -0.481 e. The molecule has 1 atom stereocenters. The van der Waals surface area contributed by atoms with Crippen LogP contribution in [0.1, 0.15) is 39.5 Å². The maximum absolute atomic E-state index is 11.8. The zero-order chi connectivity index (χ0) is 18.2. The summed E-state index contributed by atoms with van der Waals surface area (Å²) in [5, 5.41) is 8.87. The topological polar surface area (TPSA) is 97.7 Å². The smallest absolute Gasteiger partial charge is 0.307 e. The fourth-order valence-electron chi connectivity index (χ4n) is 1.92. The van der Waals surface area contributed by atoms with Crippen LogP contribution in [-0.2, 0) is 23.9 Å². The van der Waals surface area contributed by atoms with Crippen molar-refractivity contribution in [1.82, 2.24) is 0 Å². The molecule has 7 heteroatoms. The van der Waals surface area contributed by atoms with Gasteiger partial charge in [0.25, 0.3) is 0 Å². The Morgan fingerprint density at radius 2 is 1.61 bits per heavy atom. The second-order valence-corrected chi connectivity index (χ2v) is 7.02. The van der Waals surface area contributed by atoms with Crippen LogP contribution in [0.2, 0.25) is 0 Å². The SMILES string of the molecule is CC(C)C(=O)CC(=O)CCC(=O)OC(CC(=O)O)C[N+](C)(C)C. The third-order valence-corrected chi connectivity index (χ3v) is 3.08. The molecule has 132 valence electrons. The molecule has 0 amide bonds. The van der Waals surface area contributed by atoms with Crippen LogP contribution in [0.4, 0.5) is 0 Å². The van der Waals surface area contributed by atoms with Crippen molar-refractivity contribution in [3.8, 4) is 0 Å². The number of rotatable bonds is 11. The van der Waals surface area contributed by atoms with Crippen molar-refractivity contribution in [2.45, 2.75) is 45.6 Å². The van der Waals surface area contributed by atoms with Crippen molar-refractivity contribution < 1.29 is 33.5 Å². The van der Waals surface area contributed by atoms with Gasteiger partial charge in [0.15, 0.2) is 6.10 Å². The normalized spacial score (nSPS) is 12.8. The second-order valence-electron chi connectivity index (χ2n) is 7.02. The van der Waals surface area contributed by atoms with E-state index in [1.54, 1.807) is 13.8 Å². The maximum atomic E-state index is 11.8. The Bertz CT molecular complexity index is 450. The predicted molar refractivity (Wildman–Crippen MR) is 83.7 cm³/mol. The fourth-order valence-corrected chi connectivity index (χ4v) is 1.92. The quantitative estimate of drug-likeness (QED) is 0.345. The second kappa shape index (κ2) is 9.39. The van der Waals surface area contributed by atoms with E-state index in [0.717, 1.165) is 0 Å². The highest BCUT2D eigenvalue weighted by Gasteiger charge is 2.25. The molecule has 0 aromatic rings. The van der Waals surface area contributed by atoms with Gasteiger partial charge in [-0.2, -0.15) is 0 Å². The summed E-state index contributed by atoms with van der Waals surface area (Å²) in [7, 11) is 5.59. The van der Waals surface area contributed by atoms with E-state index >= 15 is 0 Å². The summed E-state index contributed by atoms with van der Waals surface area (Å²) in [4.78, 5) is 45.7. The monoisotopic (exact) mass is 330 g/mol. The Kier molecular flexibility index (Phi) is 8.68. The molecule has 7 nitrogen and oxygen atoms in total. The molecule has 0 fully saturated rings. The summed E-state index contributed by atoms with van der Waals surface area (Å²) >= 11 is 0. The highest BCUT2D eigenvalue weighted by molar-refractivity contribution is 6.00. The summed E-state index contributed by atoms with van der Waals surface area (Å²) in [6.45, 7) is 3.79. The van der Waals surface area contributed by atoms with Crippen molar-refractivity contribution in [3.63, 3.8) is 0 Å². The number of hydrogen-bond donors (Lipinski definition) is 1. The lowest BCUT2D eigenvalue weighted by atomic mass is 10.0. The van der Waals surface area contributed by atoms with Gasteiger partial charge in [-0.15, -0.1) is 0 Å². The molecule has 0 saturated carbocycles. The Balaban J connectivity index is 4.39. The van der Waals surface area contributed by atoms with Crippen LogP contribution in [0.5, 0.6) is 0 Å². The van der Waals surface area contributed by atoms with E-state index in [1.807, 2.05) is 21.1 Å². The third kappa shape index (κ3) is 11.5. The molecule has 23 heavy (non-hydrogen) atoms. The van der Waals surface area contributed by atoms with Crippen LogP contribution in [0.3, 0.4) is 0 Å². The van der Waals surface area contributed by atoms with Crippen LogP contribution in [0.25, 0.3) is 0 Å². The number of aliphatic carboxylic acids is 1. The molecule has 0 spiro atoms. The van der Waals surface area contributed by atoms with Gasteiger partial charge < -0.3 is 14.3 Å². The number of ketones is 2. The standard InChI is InChI=1S/C16H27NO6/c1-11(2)14(19)8-12(18)6-7-16(22)23-13(9-15(20)21)10-17(3,4)5/h11,13H,6-10H2,1-5H3/p+1. The summed E-state index contributed by atoms with van der Waals surface area (Å²) in [5.74, 6) is -2.33. The number of likely N-dealkylation sites (N-methyl/N-ethyl adjacent to an activating group) is 1. The van der Waals surface area contributed by atoms with Crippen LogP contribution >= 0.6 is 0 Å². The molecule has 0 aromatic heterocycles. The third-order valence-electron chi connectivity index (χ3n) is 3.08. The summed E-state index contributed by atoms with van der Waals surface area (Å²) < 4.78 is 5.62. The van der Waals surface area contributed by atoms with E-state index in [4.69, 9.17) is 9.84 Å². The maximum Gasteiger partial charge on any atom is 0.307 e. The molecule has 0 heterocycles. The lowest BCUT2D eigenvalue weighted by Crippen LogP contribution is -2.43. The van der Waals surface area contributed by atoms with E-state index in [9.17, 15) is 19.2 Å². The number of quaternary nitrogens is 1. The van der Waals surface area contributed by atoms with Crippen LogP contribution in [-0.4, -0.2) is 66.9 Å². The first-order valence-corrected chi connectivity index (χ1v) is 7.67. The molecule has 0 rings (SSSR count). The van der Waals surface area contributed by atoms with E-state index in [2.05, 4.69) is 0 Å². The van der Waals surface area contributed by atoms with Gasteiger partial charge >= 0.3 is 11.9 Å². The van der Waals surface area contributed by atoms with Gasteiger partial charge in [-0.05, 0) is 0 Å². The predicted octanol–water partition coefficient (Wildman–Crippen LogP) is 1.04. The molecular formula is C16H28NO6+. The van der Waals surface area contributed by atoms with E-state index in [0.29, 0.717) is 11.0 Å². The first kappa shape index (κ1) is 21.2. The lowest BCUT2D eigenvalue weighted by Gasteiger charge is -2.28. The van der Waals surface area contributed by atoms with Crippen LogP contribution < -0.4 is 0 Å². The number of nitrogens with zero attached hydrogens (tertiary/aromatic N) is 1. The summed E-state index contributed by atoms with van der Waals surface area (Å²) in [5.41, 5.74) is 0. The number of hydrogen-bond acceptors (Lipinski definition) is 5. The molecule has 0 saturated heterocycles. The minimum absolute atomic E-state index is 0.0680. The van der Waals surface area contributed by atoms with Crippen molar-refractivity contribution in [1.29, 1.82) is 0 Å². The fraction of sp³-hybridized carbons (Fsp3) is 0.750. The average Bonchev–Trinajstić information content (AvgIpc) is 2.33. The molecule has 1 N–H and O–H groups in total. The Morgan fingerprint density at radius 1 is 1.04 bits per heavy atom. The molecule has 0 aliphatic heterocycles. The number of carbonyl (C=O) groups is 4. The zero-order valence-electron chi connectivity index (χ0n) is 14.6. The van der Waals surface area contributed by atoms with Crippen LogP contribution in [0, 0.1) is 5.92 Å². The number of carboxylic acids is 1. The molecular weight excluding hydrogens is 302 g/mol. The largest absolute Gasteiger partial charge is 0.481 e. The molecule has 0 radical (unpaired) electrons. The van der Waals surface area contributed by atoms with E-state index in [-0.39, 0.29) is 43.2 Å². The Labute approximate surface area is 137 Å². The van der Waals surface area contributed by atoms with Crippen molar-refractivity contribution in [2.24, 2.45) is 5.92 Å². The van der Waals surface area contributed by atoms with Gasteiger partial charge in [0.05, 0.1) is 40.4 Å². The van der Waals surface area contributed by atoms with Gasteiger partial charge in [-0.25, -0.2) is 0 Å². The highest BCUT2D eigenvalue weighted by atomic mass is 16.5. The molecule has 0 aliphatic carbocycles.